The Labute approximate surface area is 114 Å². The molecule has 1 atom stereocenters. The number of alkyl halides is 1. The van der Waals surface area contributed by atoms with Gasteiger partial charge in [0.1, 0.15) is 0 Å². The maximum absolute atomic E-state index is 6.00. The molecule has 0 amide bonds. The number of halogens is 2. The smallest absolute Gasteiger partial charge is 0.0472 e. The summed E-state index contributed by atoms with van der Waals surface area (Å²) in [6, 6.07) is 7.91. The molecule has 96 valence electrons. The molecule has 0 aliphatic carbocycles. The quantitative estimate of drug-likeness (QED) is 0.486. The Kier molecular flexibility index (Phi) is 7.67. The van der Waals surface area contributed by atoms with Gasteiger partial charge in [0.25, 0.3) is 0 Å². The zero-order valence-corrected chi connectivity index (χ0v) is 11.8. The highest BCUT2D eigenvalue weighted by Crippen LogP contribution is 2.23. The van der Waals surface area contributed by atoms with Gasteiger partial charge in [0.2, 0.25) is 0 Å². The second-order valence-electron chi connectivity index (χ2n) is 4.16. The van der Waals surface area contributed by atoms with Crippen LogP contribution in [0.4, 0.5) is 0 Å². The molecule has 17 heavy (non-hydrogen) atoms. The normalized spacial score (nSPS) is 12.6. The number of hydrogen-bond donors (Lipinski definition) is 0. The summed E-state index contributed by atoms with van der Waals surface area (Å²) in [6.07, 6.45) is 3.25. The Bertz CT molecular complexity index is 315. The SMILES string of the molecule is CCCCOCCC(CCl)c1cccc(Cl)c1. The summed E-state index contributed by atoms with van der Waals surface area (Å²) in [5.41, 5.74) is 1.20. The molecular formula is C14H20Cl2O. The molecule has 1 rings (SSSR count). The van der Waals surface area contributed by atoms with E-state index in [0.717, 1.165) is 31.1 Å². The highest BCUT2D eigenvalue weighted by molar-refractivity contribution is 6.30. The average Bonchev–Trinajstić information content (AvgIpc) is 2.34. The third-order valence-electron chi connectivity index (χ3n) is 2.76. The van der Waals surface area contributed by atoms with E-state index in [0.29, 0.717) is 11.8 Å². The Balaban J connectivity index is 2.38. The molecule has 0 N–H and O–H groups in total. The molecule has 0 saturated carbocycles. The maximum atomic E-state index is 6.00. The Morgan fingerprint density at radius 3 is 2.76 bits per heavy atom. The first-order valence-corrected chi connectivity index (χ1v) is 7.08. The summed E-state index contributed by atoms with van der Waals surface area (Å²) in [5.74, 6) is 0.939. The average molecular weight is 275 g/mol. The van der Waals surface area contributed by atoms with Gasteiger partial charge in [0, 0.05) is 24.1 Å². The lowest BCUT2D eigenvalue weighted by atomic mass is 9.98. The van der Waals surface area contributed by atoms with Crippen molar-refractivity contribution in [3.63, 3.8) is 0 Å². The summed E-state index contributed by atoms with van der Waals surface area (Å²) in [7, 11) is 0. The standard InChI is InChI=1S/C14H20Cl2O/c1-2-3-8-17-9-7-13(11-15)12-5-4-6-14(16)10-12/h4-6,10,13H,2-3,7-9,11H2,1H3. The van der Waals surface area contributed by atoms with Crippen LogP contribution in [0.5, 0.6) is 0 Å². The summed E-state index contributed by atoms with van der Waals surface area (Å²) in [6.45, 7) is 3.78. The largest absolute Gasteiger partial charge is 0.381 e. The van der Waals surface area contributed by atoms with Gasteiger partial charge in [-0.3, -0.25) is 0 Å². The molecule has 1 aromatic rings. The van der Waals surface area contributed by atoms with Crippen LogP contribution in [0.25, 0.3) is 0 Å². The molecule has 0 aliphatic heterocycles. The van der Waals surface area contributed by atoms with Gasteiger partial charge in [-0.2, -0.15) is 0 Å². The number of ether oxygens (including phenoxy) is 1. The molecule has 0 saturated heterocycles. The van der Waals surface area contributed by atoms with Gasteiger partial charge in [0.15, 0.2) is 0 Å². The number of benzene rings is 1. The van der Waals surface area contributed by atoms with Crippen LogP contribution in [0.1, 0.15) is 37.7 Å². The summed E-state index contributed by atoms with van der Waals surface area (Å²) in [4.78, 5) is 0. The van der Waals surface area contributed by atoms with Crippen molar-refractivity contribution in [3.8, 4) is 0 Å². The second kappa shape index (κ2) is 8.79. The van der Waals surface area contributed by atoms with E-state index in [2.05, 4.69) is 13.0 Å². The first-order valence-electron chi connectivity index (χ1n) is 6.17. The van der Waals surface area contributed by atoms with Crippen molar-refractivity contribution < 1.29 is 4.74 Å². The fraction of sp³-hybridized carbons (Fsp3) is 0.571. The third kappa shape index (κ3) is 5.76. The molecule has 0 aromatic heterocycles. The molecule has 0 aliphatic rings. The predicted molar refractivity (Wildman–Crippen MR) is 75.3 cm³/mol. The van der Waals surface area contributed by atoms with Crippen molar-refractivity contribution in [3.05, 3.63) is 34.9 Å². The van der Waals surface area contributed by atoms with E-state index in [4.69, 9.17) is 27.9 Å². The number of rotatable bonds is 8. The Morgan fingerprint density at radius 2 is 2.12 bits per heavy atom. The molecule has 0 heterocycles. The maximum Gasteiger partial charge on any atom is 0.0472 e. The first-order chi connectivity index (χ1) is 8.27. The van der Waals surface area contributed by atoms with Gasteiger partial charge in [-0.15, -0.1) is 11.6 Å². The van der Waals surface area contributed by atoms with Crippen LogP contribution in [0.2, 0.25) is 5.02 Å². The number of hydrogen-bond acceptors (Lipinski definition) is 1. The Morgan fingerprint density at radius 1 is 1.29 bits per heavy atom. The van der Waals surface area contributed by atoms with Crippen molar-refractivity contribution in [2.75, 3.05) is 19.1 Å². The lowest BCUT2D eigenvalue weighted by molar-refractivity contribution is 0.125. The van der Waals surface area contributed by atoms with Gasteiger partial charge in [-0.25, -0.2) is 0 Å². The van der Waals surface area contributed by atoms with Crippen LogP contribution in [-0.2, 0) is 4.74 Å². The number of unbranched alkanes of at least 4 members (excludes halogenated alkanes) is 1. The van der Waals surface area contributed by atoms with E-state index in [1.54, 1.807) is 0 Å². The van der Waals surface area contributed by atoms with E-state index in [1.807, 2.05) is 18.2 Å². The monoisotopic (exact) mass is 274 g/mol. The van der Waals surface area contributed by atoms with Crippen LogP contribution in [0.15, 0.2) is 24.3 Å². The van der Waals surface area contributed by atoms with Gasteiger partial charge in [-0.05, 0) is 36.5 Å². The van der Waals surface area contributed by atoms with Crippen molar-refractivity contribution in [1.82, 2.24) is 0 Å². The van der Waals surface area contributed by atoms with E-state index in [1.165, 1.54) is 12.0 Å². The lowest BCUT2D eigenvalue weighted by Gasteiger charge is -2.14. The Hall–Kier alpha value is -0.240. The van der Waals surface area contributed by atoms with E-state index in [9.17, 15) is 0 Å². The van der Waals surface area contributed by atoms with Crippen molar-refractivity contribution in [2.24, 2.45) is 0 Å². The van der Waals surface area contributed by atoms with Gasteiger partial charge in [-0.1, -0.05) is 37.1 Å². The van der Waals surface area contributed by atoms with Crippen molar-refractivity contribution in [2.45, 2.75) is 32.1 Å². The molecule has 1 aromatic carbocycles. The molecule has 0 radical (unpaired) electrons. The summed E-state index contributed by atoms with van der Waals surface area (Å²) >= 11 is 12.0. The third-order valence-corrected chi connectivity index (χ3v) is 3.37. The first kappa shape index (κ1) is 14.8. The summed E-state index contributed by atoms with van der Waals surface area (Å²) < 4.78 is 5.57. The highest BCUT2D eigenvalue weighted by atomic mass is 35.5. The van der Waals surface area contributed by atoms with Gasteiger partial charge < -0.3 is 4.74 Å². The lowest BCUT2D eigenvalue weighted by Crippen LogP contribution is -2.06. The van der Waals surface area contributed by atoms with Crippen molar-refractivity contribution in [1.29, 1.82) is 0 Å². The summed E-state index contributed by atoms with van der Waals surface area (Å²) in [5, 5.41) is 0.768. The minimum atomic E-state index is 0.331. The molecule has 0 spiro atoms. The van der Waals surface area contributed by atoms with E-state index < -0.39 is 0 Å². The fourth-order valence-electron chi connectivity index (χ4n) is 1.67. The van der Waals surface area contributed by atoms with Crippen LogP contribution in [0, 0.1) is 0 Å². The van der Waals surface area contributed by atoms with E-state index >= 15 is 0 Å². The molecular weight excluding hydrogens is 255 g/mol. The zero-order chi connectivity index (χ0) is 12.5. The van der Waals surface area contributed by atoms with Gasteiger partial charge in [0.05, 0.1) is 0 Å². The topological polar surface area (TPSA) is 9.23 Å². The molecule has 1 nitrogen and oxygen atoms in total. The zero-order valence-electron chi connectivity index (χ0n) is 10.3. The molecule has 0 fully saturated rings. The van der Waals surface area contributed by atoms with Gasteiger partial charge >= 0.3 is 0 Å². The molecule has 1 unspecified atom stereocenters. The van der Waals surface area contributed by atoms with E-state index in [-0.39, 0.29) is 0 Å². The fourth-order valence-corrected chi connectivity index (χ4v) is 2.20. The van der Waals surface area contributed by atoms with Crippen LogP contribution in [-0.4, -0.2) is 19.1 Å². The molecule has 0 bridgehead atoms. The minimum absolute atomic E-state index is 0.331. The predicted octanol–water partition coefficient (Wildman–Crippen LogP) is 4.87. The van der Waals surface area contributed by atoms with Crippen LogP contribution >= 0.6 is 23.2 Å². The van der Waals surface area contributed by atoms with Crippen molar-refractivity contribution >= 4 is 23.2 Å². The highest BCUT2D eigenvalue weighted by Gasteiger charge is 2.10. The second-order valence-corrected chi connectivity index (χ2v) is 4.91. The van der Waals surface area contributed by atoms with Crippen LogP contribution < -0.4 is 0 Å². The molecule has 3 heteroatoms. The minimum Gasteiger partial charge on any atom is -0.381 e. The van der Waals surface area contributed by atoms with Crippen LogP contribution in [0.3, 0.4) is 0 Å².